The van der Waals surface area contributed by atoms with Crippen molar-refractivity contribution in [2.45, 2.75) is 6.92 Å². The van der Waals surface area contributed by atoms with E-state index in [9.17, 15) is 9.18 Å². The minimum Gasteiger partial charge on any atom is -0.462 e. The zero-order valence-electron chi connectivity index (χ0n) is 7.31. The summed E-state index contributed by atoms with van der Waals surface area (Å²) in [5, 5.41) is 0.0707. The van der Waals surface area contributed by atoms with Crippen molar-refractivity contribution in [3.05, 3.63) is 32.1 Å². The van der Waals surface area contributed by atoms with Crippen molar-refractivity contribution < 1.29 is 13.9 Å². The first-order valence-electron chi connectivity index (χ1n) is 3.88. The summed E-state index contributed by atoms with van der Waals surface area (Å²) in [6.45, 7) is 1.96. The van der Waals surface area contributed by atoms with Crippen LogP contribution in [0.2, 0.25) is 5.02 Å². The normalized spacial score (nSPS) is 10.0. The van der Waals surface area contributed by atoms with Crippen LogP contribution in [0.4, 0.5) is 4.39 Å². The summed E-state index contributed by atoms with van der Waals surface area (Å²) >= 11 is 7.47. The van der Waals surface area contributed by atoms with Gasteiger partial charge in [0.15, 0.2) is 0 Å². The van der Waals surface area contributed by atoms with Crippen LogP contribution in [0.1, 0.15) is 17.3 Å². The Kier molecular flexibility index (Phi) is 4.12. The zero-order chi connectivity index (χ0) is 10.7. The molecule has 0 aliphatic rings. The van der Waals surface area contributed by atoms with Gasteiger partial charge in [0.1, 0.15) is 5.82 Å². The molecule has 0 spiro atoms. The summed E-state index contributed by atoms with van der Waals surface area (Å²) in [5.41, 5.74) is 0.194. The molecule has 0 N–H and O–H groups in total. The Labute approximate surface area is 99.5 Å². The molecule has 0 amide bonds. The first-order chi connectivity index (χ1) is 6.56. The van der Waals surface area contributed by atoms with Gasteiger partial charge >= 0.3 is 5.97 Å². The van der Waals surface area contributed by atoms with Crippen molar-refractivity contribution in [2.24, 2.45) is 0 Å². The standard InChI is InChI=1S/C9H7ClFIO2/c1-2-14-9(13)5-3-8(12)7(11)4-6(5)10/h3-4H,2H2,1H3. The fraction of sp³-hybridized carbons (Fsp3) is 0.222. The number of halogens is 3. The monoisotopic (exact) mass is 328 g/mol. The molecule has 0 atom stereocenters. The molecule has 2 nitrogen and oxygen atoms in total. The highest BCUT2D eigenvalue weighted by Crippen LogP contribution is 2.22. The Morgan fingerprint density at radius 1 is 1.64 bits per heavy atom. The van der Waals surface area contributed by atoms with Gasteiger partial charge in [-0.1, -0.05) is 11.6 Å². The molecule has 0 aliphatic carbocycles. The van der Waals surface area contributed by atoms with Gasteiger partial charge < -0.3 is 4.74 Å². The van der Waals surface area contributed by atoms with Crippen LogP contribution in [-0.4, -0.2) is 12.6 Å². The lowest BCUT2D eigenvalue weighted by Crippen LogP contribution is -2.06. The molecule has 0 saturated heterocycles. The van der Waals surface area contributed by atoms with Crippen molar-refractivity contribution in [3.63, 3.8) is 0 Å². The minimum absolute atomic E-state index is 0.0707. The summed E-state index contributed by atoms with van der Waals surface area (Å²) in [6.07, 6.45) is 0. The van der Waals surface area contributed by atoms with Gasteiger partial charge in [0.05, 0.1) is 17.2 Å². The van der Waals surface area contributed by atoms with E-state index in [0.29, 0.717) is 3.57 Å². The van der Waals surface area contributed by atoms with Gasteiger partial charge in [0.2, 0.25) is 0 Å². The average molecular weight is 329 g/mol. The second-order valence-corrected chi connectivity index (χ2v) is 4.04. The third kappa shape index (κ3) is 2.57. The van der Waals surface area contributed by atoms with Gasteiger partial charge in [-0.15, -0.1) is 0 Å². The van der Waals surface area contributed by atoms with Gasteiger partial charge in [-0.2, -0.15) is 0 Å². The van der Waals surface area contributed by atoms with Crippen LogP contribution in [0.15, 0.2) is 12.1 Å². The van der Waals surface area contributed by atoms with Crippen molar-refractivity contribution in [3.8, 4) is 0 Å². The van der Waals surface area contributed by atoms with Crippen molar-refractivity contribution in [1.82, 2.24) is 0 Å². The van der Waals surface area contributed by atoms with E-state index in [1.54, 1.807) is 29.5 Å². The lowest BCUT2D eigenvalue weighted by atomic mass is 10.2. The molecule has 76 valence electrons. The van der Waals surface area contributed by atoms with Gasteiger partial charge in [-0.05, 0) is 41.6 Å². The lowest BCUT2D eigenvalue weighted by molar-refractivity contribution is 0.0526. The highest BCUT2D eigenvalue weighted by atomic mass is 127. The number of carbonyl (C=O) groups is 1. The molecule has 1 aromatic carbocycles. The molecule has 0 aliphatic heterocycles. The highest BCUT2D eigenvalue weighted by molar-refractivity contribution is 14.1. The molecule has 0 saturated carbocycles. The molecule has 0 fully saturated rings. The van der Waals surface area contributed by atoms with Crippen molar-refractivity contribution in [2.75, 3.05) is 6.61 Å². The Balaban J connectivity index is 3.09. The fourth-order valence-electron chi connectivity index (χ4n) is 0.888. The number of esters is 1. The molecular weight excluding hydrogens is 321 g/mol. The van der Waals surface area contributed by atoms with E-state index in [2.05, 4.69) is 0 Å². The van der Waals surface area contributed by atoms with E-state index in [1.165, 1.54) is 6.07 Å². The second-order valence-electron chi connectivity index (χ2n) is 2.47. The molecule has 14 heavy (non-hydrogen) atoms. The van der Waals surface area contributed by atoms with Gasteiger partial charge in [-0.25, -0.2) is 9.18 Å². The molecule has 0 heterocycles. The Hall–Kier alpha value is -0.360. The molecule has 5 heteroatoms. The number of carbonyl (C=O) groups excluding carboxylic acids is 1. The van der Waals surface area contributed by atoms with Crippen LogP contribution in [0.3, 0.4) is 0 Å². The maximum Gasteiger partial charge on any atom is 0.339 e. The number of ether oxygens (including phenoxy) is 1. The van der Waals surface area contributed by atoms with Crippen LogP contribution in [0.25, 0.3) is 0 Å². The van der Waals surface area contributed by atoms with Gasteiger partial charge in [-0.3, -0.25) is 0 Å². The summed E-state index contributed by atoms with van der Waals surface area (Å²) in [5.74, 6) is -0.973. The van der Waals surface area contributed by atoms with E-state index >= 15 is 0 Å². The molecule has 0 aromatic heterocycles. The van der Waals surface area contributed by atoms with Crippen LogP contribution in [0.5, 0.6) is 0 Å². The van der Waals surface area contributed by atoms with Gasteiger partial charge in [0.25, 0.3) is 0 Å². The maximum absolute atomic E-state index is 13.0. The van der Waals surface area contributed by atoms with Crippen LogP contribution < -0.4 is 0 Å². The van der Waals surface area contributed by atoms with Gasteiger partial charge in [0, 0.05) is 3.57 Å². The van der Waals surface area contributed by atoms with Crippen molar-refractivity contribution >= 4 is 40.2 Å². The molecular formula is C9H7ClFIO2. The number of hydrogen-bond donors (Lipinski definition) is 0. The number of benzene rings is 1. The fourth-order valence-corrected chi connectivity index (χ4v) is 1.58. The van der Waals surface area contributed by atoms with Crippen LogP contribution in [-0.2, 0) is 4.74 Å². The second kappa shape index (κ2) is 4.93. The smallest absolute Gasteiger partial charge is 0.339 e. The number of rotatable bonds is 2. The Morgan fingerprint density at radius 2 is 2.29 bits per heavy atom. The topological polar surface area (TPSA) is 26.3 Å². The zero-order valence-corrected chi connectivity index (χ0v) is 10.2. The SMILES string of the molecule is CCOC(=O)c1cc(I)c(F)cc1Cl. The minimum atomic E-state index is -0.532. The first-order valence-corrected chi connectivity index (χ1v) is 5.33. The largest absolute Gasteiger partial charge is 0.462 e. The van der Waals surface area contributed by atoms with Crippen molar-refractivity contribution in [1.29, 1.82) is 0 Å². The summed E-state index contributed by atoms with van der Waals surface area (Å²) < 4.78 is 18.1. The van der Waals surface area contributed by atoms with E-state index in [-0.39, 0.29) is 17.2 Å². The highest BCUT2D eigenvalue weighted by Gasteiger charge is 2.14. The predicted molar refractivity (Wildman–Crippen MR) is 60.1 cm³/mol. The third-order valence-electron chi connectivity index (χ3n) is 1.51. The quantitative estimate of drug-likeness (QED) is 0.473. The Morgan fingerprint density at radius 3 is 2.86 bits per heavy atom. The molecule has 1 aromatic rings. The summed E-state index contributed by atoms with van der Waals surface area (Å²) in [7, 11) is 0. The molecule has 0 radical (unpaired) electrons. The average Bonchev–Trinajstić information content (AvgIpc) is 2.11. The van der Waals surface area contributed by atoms with Crippen LogP contribution in [0, 0.1) is 9.39 Å². The van der Waals surface area contributed by atoms with E-state index in [1.807, 2.05) is 0 Å². The Bertz CT molecular complexity index is 368. The third-order valence-corrected chi connectivity index (χ3v) is 2.64. The summed E-state index contributed by atoms with van der Waals surface area (Å²) in [6, 6.07) is 2.48. The van der Waals surface area contributed by atoms with Crippen LogP contribution >= 0.6 is 34.2 Å². The molecule has 1 rings (SSSR count). The van der Waals surface area contributed by atoms with E-state index in [4.69, 9.17) is 16.3 Å². The molecule has 0 bridgehead atoms. The van der Waals surface area contributed by atoms with E-state index in [0.717, 1.165) is 6.07 Å². The molecule has 0 unspecified atom stereocenters. The van der Waals surface area contributed by atoms with E-state index < -0.39 is 11.8 Å². The maximum atomic E-state index is 13.0. The number of hydrogen-bond acceptors (Lipinski definition) is 2. The predicted octanol–water partition coefficient (Wildman–Crippen LogP) is 3.26. The lowest BCUT2D eigenvalue weighted by Gasteiger charge is -2.04. The first kappa shape index (κ1) is 11.7. The summed E-state index contributed by atoms with van der Waals surface area (Å²) in [4.78, 5) is 11.3.